The molecule has 0 unspecified atom stereocenters. The quantitative estimate of drug-likeness (QED) is 0.118. The molecule has 12 nitrogen and oxygen atoms in total. The van der Waals surface area contributed by atoms with E-state index in [9.17, 15) is 19.2 Å². The molecule has 12 heteroatoms. The Balaban J connectivity index is 0.958. The highest BCUT2D eigenvalue weighted by Gasteiger charge is 2.39. The number of likely N-dealkylation sites (tertiary alicyclic amines) is 2. The lowest BCUT2D eigenvalue weighted by Gasteiger charge is -2.29. The number of H-pyrrole nitrogens is 2. The molecule has 4 heterocycles. The highest BCUT2D eigenvalue weighted by atomic mass is 16.6. The first-order chi connectivity index (χ1) is 27.5. The van der Waals surface area contributed by atoms with Gasteiger partial charge >= 0.3 is 6.09 Å². The fraction of sp³-hybridized carbons (Fsp3) is 0.311. The highest BCUT2D eigenvalue weighted by molar-refractivity contribution is 6.00. The molecular formula is C45H47N7O5. The lowest BCUT2D eigenvalue weighted by atomic mass is 10.0. The summed E-state index contributed by atoms with van der Waals surface area (Å²) in [5.41, 5.74) is 5.99. The van der Waals surface area contributed by atoms with Crippen LogP contribution in [0, 0.1) is 0 Å². The molecule has 2 aliphatic heterocycles. The van der Waals surface area contributed by atoms with Crippen LogP contribution < -0.4 is 10.6 Å². The maximum atomic E-state index is 14.0. The number of imidazole rings is 1. The van der Waals surface area contributed by atoms with E-state index in [2.05, 4.69) is 26.7 Å². The molecule has 6 aromatic rings. The number of alkyl carbamates (subject to hydrolysis) is 1. The van der Waals surface area contributed by atoms with Crippen LogP contribution in [0.25, 0.3) is 33.2 Å². The zero-order chi connectivity index (χ0) is 39.7. The summed E-state index contributed by atoms with van der Waals surface area (Å²) in [6.07, 6.45) is 2.62. The number of aromatic nitrogens is 3. The Hall–Kier alpha value is -6.43. The number of benzene rings is 4. The minimum atomic E-state index is -1.01. The van der Waals surface area contributed by atoms with E-state index in [0.29, 0.717) is 37.1 Å². The molecule has 4 amide bonds. The van der Waals surface area contributed by atoms with E-state index in [4.69, 9.17) is 9.72 Å². The molecule has 0 saturated carbocycles. The van der Waals surface area contributed by atoms with Crippen LogP contribution in [0.3, 0.4) is 0 Å². The first kappa shape index (κ1) is 37.5. The number of ether oxygens (including phenoxy) is 1. The molecule has 8 rings (SSSR count). The van der Waals surface area contributed by atoms with Gasteiger partial charge in [-0.15, -0.1) is 0 Å². The number of anilines is 1. The topological polar surface area (TPSA) is 153 Å². The van der Waals surface area contributed by atoms with Crippen LogP contribution in [0.4, 0.5) is 10.5 Å². The Morgan fingerprint density at radius 1 is 0.825 bits per heavy atom. The van der Waals surface area contributed by atoms with Crippen molar-refractivity contribution < 1.29 is 23.9 Å². The third-order valence-corrected chi connectivity index (χ3v) is 10.7. The van der Waals surface area contributed by atoms with Crippen molar-refractivity contribution in [3.63, 3.8) is 0 Å². The van der Waals surface area contributed by atoms with E-state index >= 15 is 0 Å². The van der Waals surface area contributed by atoms with Crippen molar-refractivity contribution in [2.75, 3.05) is 18.4 Å². The van der Waals surface area contributed by atoms with Gasteiger partial charge in [-0.05, 0) is 94.0 Å². The van der Waals surface area contributed by atoms with Crippen molar-refractivity contribution >= 4 is 51.4 Å². The molecule has 2 saturated heterocycles. The molecule has 3 atom stereocenters. The molecule has 2 aromatic heterocycles. The maximum Gasteiger partial charge on any atom is 0.408 e. The second-order valence-corrected chi connectivity index (χ2v) is 15.9. The number of nitrogens with zero attached hydrogens (tertiary/aromatic N) is 3. The van der Waals surface area contributed by atoms with Gasteiger partial charge in [-0.2, -0.15) is 0 Å². The number of nitrogens with one attached hydrogen (secondary N) is 4. The Labute approximate surface area is 331 Å². The van der Waals surface area contributed by atoms with Gasteiger partial charge in [0.25, 0.3) is 5.91 Å². The zero-order valence-electron chi connectivity index (χ0n) is 32.4. The second kappa shape index (κ2) is 15.6. The lowest BCUT2D eigenvalue weighted by Crippen LogP contribution is -2.49. The average Bonchev–Trinajstić information content (AvgIpc) is 4.02. The van der Waals surface area contributed by atoms with Crippen LogP contribution >= 0.6 is 0 Å². The fourth-order valence-corrected chi connectivity index (χ4v) is 8.00. The Kier molecular flexibility index (Phi) is 10.3. The molecule has 0 radical (unpaired) electrons. The van der Waals surface area contributed by atoms with E-state index in [1.54, 1.807) is 49.9 Å². The Morgan fingerprint density at radius 2 is 1.56 bits per heavy atom. The van der Waals surface area contributed by atoms with Gasteiger partial charge in [0.15, 0.2) is 0 Å². The third kappa shape index (κ3) is 8.25. The molecule has 4 aromatic carbocycles. The van der Waals surface area contributed by atoms with E-state index in [1.807, 2.05) is 77.7 Å². The van der Waals surface area contributed by atoms with Gasteiger partial charge in [-0.1, -0.05) is 66.7 Å². The van der Waals surface area contributed by atoms with Crippen molar-refractivity contribution in [2.24, 2.45) is 0 Å². The molecule has 2 aliphatic rings. The summed E-state index contributed by atoms with van der Waals surface area (Å²) in [4.78, 5) is 69.3. The predicted molar refractivity (Wildman–Crippen MR) is 219 cm³/mol. The first-order valence-electron chi connectivity index (χ1n) is 19.6. The number of rotatable bonds is 9. The van der Waals surface area contributed by atoms with E-state index < -0.39 is 23.8 Å². The van der Waals surface area contributed by atoms with Crippen LogP contribution in [0.1, 0.15) is 75.5 Å². The van der Waals surface area contributed by atoms with Crippen LogP contribution in [-0.4, -0.2) is 73.3 Å². The number of carbonyl (C=O) groups excluding carboxylic acids is 4. The molecule has 4 N–H and O–H groups in total. The molecule has 0 aliphatic carbocycles. The highest BCUT2D eigenvalue weighted by Crippen LogP contribution is 2.34. The van der Waals surface area contributed by atoms with Crippen LogP contribution in [-0.2, 0) is 25.5 Å². The maximum absolute atomic E-state index is 14.0. The molecule has 2 fully saturated rings. The molecule has 292 valence electrons. The number of aromatic amines is 2. The summed E-state index contributed by atoms with van der Waals surface area (Å²) in [5, 5.41) is 6.69. The fourth-order valence-electron chi connectivity index (χ4n) is 8.00. The van der Waals surface area contributed by atoms with Crippen LogP contribution in [0.15, 0.2) is 103 Å². The van der Waals surface area contributed by atoms with E-state index in [1.165, 1.54) is 0 Å². The second-order valence-electron chi connectivity index (χ2n) is 15.9. The van der Waals surface area contributed by atoms with Crippen molar-refractivity contribution in [1.82, 2.24) is 30.1 Å². The van der Waals surface area contributed by atoms with Crippen LogP contribution in [0.2, 0.25) is 0 Å². The number of carbonyl (C=O) groups is 4. The number of hydrogen-bond acceptors (Lipinski definition) is 6. The normalized spacial score (nSPS) is 17.5. The van der Waals surface area contributed by atoms with Gasteiger partial charge in [0.1, 0.15) is 23.5 Å². The van der Waals surface area contributed by atoms with Crippen molar-refractivity contribution in [3.8, 4) is 11.3 Å². The summed E-state index contributed by atoms with van der Waals surface area (Å²) < 4.78 is 5.47. The summed E-state index contributed by atoms with van der Waals surface area (Å²) >= 11 is 0. The van der Waals surface area contributed by atoms with E-state index in [0.717, 1.165) is 64.0 Å². The molecular weight excluding hydrogens is 719 g/mol. The number of hydrogen-bond donors (Lipinski definition) is 4. The largest absolute Gasteiger partial charge is 0.444 e. The van der Waals surface area contributed by atoms with Crippen molar-refractivity contribution in [3.05, 3.63) is 120 Å². The Bertz CT molecular complexity index is 2430. The summed E-state index contributed by atoms with van der Waals surface area (Å²) in [7, 11) is 0. The minimum Gasteiger partial charge on any atom is -0.444 e. The van der Waals surface area contributed by atoms with Gasteiger partial charge in [0, 0.05) is 40.9 Å². The molecule has 57 heavy (non-hydrogen) atoms. The van der Waals surface area contributed by atoms with Gasteiger partial charge in [-0.3, -0.25) is 14.4 Å². The summed E-state index contributed by atoms with van der Waals surface area (Å²) in [6.45, 7) is 6.39. The van der Waals surface area contributed by atoms with Gasteiger partial charge in [0.05, 0.1) is 23.5 Å². The summed E-state index contributed by atoms with van der Waals surface area (Å²) in [6, 6.07) is 30.8. The van der Waals surface area contributed by atoms with Gasteiger partial charge in [0.2, 0.25) is 11.8 Å². The molecule has 0 spiro atoms. The standard InChI is InChI=1S/C45H47N7O5/c1-45(2,3)57-44(56)50-40(29-14-8-5-9-15-29)43(55)52-23-11-17-38(52)42(54)46-32-19-21-33-31(25-32)27-35(47-33)30-18-20-34-36(26-30)49-41(48-34)37-16-10-22-51(37)39(53)24-28-12-6-4-7-13-28/h4-9,12-15,18-21,25-27,37-38,40,47H,10-11,16-17,22-24H2,1-3H3,(H,46,54)(H,48,49)(H,50,56)/t37-,38-,40+/m0/s1. The van der Waals surface area contributed by atoms with Crippen molar-refractivity contribution in [1.29, 1.82) is 0 Å². The lowest BCUT2D eigenvalue weighted by molar-refractivity contribution is -0.138. The Morgan fingerprint density at radius 3 is 2.33 bits per heavy atom. The van der Waals surface area contributed by atoms with Crippen LogP contribution in [0.5, 0.6) is 0 Å². The zero-order valence-corrected chi connectivity index (χ0v) is 32.4. The SMILES string of the molecule is CC(C)(C)OC(=O)N[C@@H](C(=O)N1CCC[C@H]1C(=O)Nc1ccc2[nH]c(-c3ccc4nc([C@@H]5CCCN5C(=O)Cc5ccccc5)[nH]c4c3)cc2c1)c1ccccc1. The minimum absolute atomic E-state index is 0.0904. The van der Waals surface area contributed by atoms with E-state index in [-0.39, 0.29) is 23.8 Å². The average molecular weight is 766 g/mol. The smallest absolute Gasteiger partial charge is 0.408 e. The predicted octanol–water partition coefficient (Wildman–Crippen LogP) is 7.81. The number of fused-ring (bicyclic) bond motifs is 2. The van der Waals surface area contributed by atoms with Gasteiger partial charge < -0.3 is 35.1 Å². The van der Waals surface area contributed by atoms with Gasteiger partial charge in [-0.25, -0.2) is 9.78 Å². The molecule has 0 bridgehead atoms. The van der Waals surface area contributed by atoms with Crippen molar-refractivity contribution in [2.45, 2.75) is 76.6 Å². The third-order valence-electron chi connectivity index (χ3n) is 10.7. The number of amides is 4. The monoisotopic (exact) mass is 765 g/mol. The first-order valence-corrected chi connectivity index (χ1v) is 19.6. The summed E-state index contributed by atoms with van der Waals surface area (Å²) in [5.74, 6) is 0.254.